The molecule has 14 heavy (non-hydrogen) atoms. The molecule has 0 aliphatic heterocycles. The fourth-order valence-corrected chi connectivity index (χ4v) is 1.28. The van der Waals surface area contributed by atoms with Crippen LogP contribution in [0.5, 0.6) is 5.75 Å². The molecule has 0 heterocycles. The van der Waals surface area contributed by atoms with Gasteiger partial charge in [0.1, 0.15) is 10.8 Å². The van der Waals surface area contributed by atoms with E-state index < -0.39 is 6.10 Å². The van der Waals surface area contributed by atoms with Crippen LogP contribution < -0.4 is 4.74 Å². The lowest BCUT2D eigenvalue weighted by molar-refractivity contribution is -0.113. The van der Waals surface area contributed by atoms with Crippen molar-refractivity contribution >= 4 is 29.5 Å². The number of hydrogen-bond acceptors (Lipinski definition) is 2. The number of benzene rings is 1. The van der Waals surface area contributed by atoms with Crippen molar-refractivity contribution < 1.29 is 9.53 Å². The van der Waals surface area contributed by atoms with Gasteiger partial charge in [-0.25, -0.2) is 0 Å². The largest absolute Gasteiger partial charge is 0.481 e. The third-order valence-electron chi connectivity index (χ3n) is 1.75. The monoisotopic (exact) mass is 232 g/mol. The standard InChI is InChI=1S/C10H10Cl2O2/c1-2-7(6-13)14-9-5-3-4-8(11)10(9)12/h3-7H,2H2,1H3. The minimum atomic E-state index is -0.467. The second-order valence-electron chi connectivity index (χ2n) is 2.75. The molecule has 0 bridgehead atoms. The fourth-order valence-electron chi connectivity index (χ4n) is 0.945. The van der Waals surface area contributed by atoms with Gasteiger partial charge in [0.05, 0.1) is 5.02 Å². The van der Waals surface area contributed by atoms with Gasteiger partial charge < -0.3 is 4.74 Å². The summed E-state index contributed by atoms with van der Waals surface area (Å²) < 4.78 is 5.34. The Morgan fingerprint density at radius 1 is 1.50 bits per heavy atom. The maximum atomic E-state index is 10.5. The average Bonchev–Trinajstić information content (AvgIpc) is 2.20. The number of rotatable bonds is 4. The van der Waals surface area contributed by atoms with Crippen molar-refractivity contribution in [2.45, 2.75) is 19.4 Å². The van der Waals surface area contributed by atoms with E-state index in [1.165, 1.54) is 0 Å². The summed E-state index contributed by atoms with van der Waals surface area (Å²) in [6, 6.07) is 5.07. The zero-order valence-electron chi connectivity index (χ0n) is 7.67. The molecule has 0 amide bonds. The molecule has 1 aromatic carbocycles. The molecule has 0 radical (unpaired) electrons. The summed E-state index contributed by atoms with van der Waals surface area (Å²) in [4.78, 5) is 10.5. The van der Waals surface area contributed by atoms with Gasteiger partial charge in [-0.15, -0.1) is 0 Å². The molecule has 1 rings (SSSR count). The predicted octanol–water partition coefficient (Wildman–Crippen LogP) is 3.35. The Bertz CT molecular complexity index is 326. The van der Waals surface area contributed by atoms with Crippen LogP contribution in [-0.4, -0.2) is 12.4 Å². The Kier molecular flexibility index (Phi) is 4.23. The van der Waals surface area contributed by atoms with Crippen molar-refractivity contribution in [3.63, 3.8) is 0 Å². The zero-order chi connectivity index (χ0) is 10.6. The van der Waals surface area contributed by atoms with E-state index >= 15 is 0 Å². The van der Waals surface area contributed by atoms with Crippen LogP contribution in [0.4, 0.5) is 0 Å². The normalized spacial score (nSPS) is 12.2. The SMILES string of the molecule is CCC(C=O)Oc1cccc(Cl)c1Cl. The number of aldehydes is 1. The van der Waals surface area contributed by atoms with Crippen LogP contribution in [0.1, 0.15) is 13.3 Å². The summed E-state index contributed by atoms with van der Waals surface area (Å²) >= 11 is 11.7. The molecule has 0 aliphatic carbocycles. The van der Waals surface area contributed by atoms with Crippen LogP contribution in [-0.2, 0) is 4.79 Å². The Hall–Kier alpha value is -0.730. The van der Waals surface area contributed by atoms with Crippen LogP contribution in [0.25, 0.3) is 0 Å². The highest BCUT2D eigenvalue weighted by Crippen LogP contribution is 2.32. The second-order valence-corrected chi connectivity index (χ2v) is 3.54. The van der Waals surface area contributed by atoms with E-state index in [9.17, 15) is 4.79 Å². The lowest BCUT2D eigenvalue weighted by Gasteiger charge is -2.12. The van der Waals surface area contributed by atoms with E-state index in [1.807, 2.05) is 6.92 Å². The smallest absolute Gasteiger partial charge is 0.160 e. The van der Waals surface area contributed by atoms with Crippen LogP contribution in [0, 0.1) is 0 Å². The number of carbonyl (C=O) groups excluding carboxylic acids is 1. The summed E-state index contributed by atoms with van der Waals surface area (Å²) in [7, 11) is 0. The third-order valence-corrected chi connectivity index (χ3v) is 2.55. The first-order valence-electron chi connectivity index (χ1n) is 4.25. The van der Waals surface area contributed by atoms with Gasteiger partial charge in [0.15, 0.2) is 12.4 Å². The van der Waals surface area contributed by atoms with Crippen LogP contribution >= 0.6 is 23.2 Å². The Balaban J connectivity index is 2.85. The van der Waals surface area contributed by atoms with Gasteiger partial charge in [-0.05, 0) is 18.6 Å². The summed E-state index contributed by atoms with van der Waals surface area (Å²) in [5, 5.41) is 0.763. The summed E-state index contributed by atoms with van der Waals surface area (Å²) in [5.74, 6) is 0.443. The molecule has 76 valence electrons. The highest BCUT2D eigenvalue weighted by Gasteiger charge is 2.10. The summed E-state index contributed by atoms with van der Waals surface area (Å²) in [6.45, 7) is 1.86. The number of halogens is 2. The summed E-state index contributed by atoms with van der Waals surface area (Å²) in [5.41, 5.74) is 0. The molecule has 1 atom stereocenters. The maximum Gasteiger partial charge on any atom is 0.160 e. The maximum absolute atomic E-state index is 10.5. The van der Waals surface area contributed by atoms with Gasteiger partial charge in [0.25, 0.3) is 0 Å². The quantitative estimate of drug-likeness (QED) is 0.745. The minimum Gasteiger partial charge on any atom is -0.481 e. The molecular formula is C10H10Cl2O2. The Morgan fingerprint density at radius 3 is 2.79 bits per heavy atom. The zero-order valence-corrected chi connectivity index (χ0v) is 9.18. The van der Waals surface area contributed by atoms with Crippen molar-refractivity contribution in [2.75, 3.05) is 0 Å². The minimum absolute atomic E-state index is 0.342. The molecule has 0 spiro atoms. The van der Waals surface area contributed by atoms with Crippen LogP contribution in [0.15, 0.2) is 18.2 Å². The van der Waals surface area contributed by atoms with Crippen LogP contribution in [0.3, 0.4) is 0 Å². The van der Waals surface area contributed by atoms with E-state index in [0.29, 0.717) is 22.2 Å². The molecule has 0 N–H and O–H groups in total. The molecule has 1 unspecified atom stereocenters. The second kappa shape index (κ2) is 5.23. The van der Waals surface area contributed by atoms with Gasteiger partial charge in [0.2, 0.25) is 0 Å². The van der Waals surface area contributed by atoms with Gasteiger partial charge in [-0.3, -0.25) is 4.79 Å². The van der Waals surface area contributed by atoms with Gasteiger partial charge in [-0.2, -0.15) is 0 Å². The van der Waals surface area contributed by atoms with Crippen molar-refractivity contribution in [3.8, 4) is 5.75 Å². The fraction of sp³-hybridized carbons (Fsp3) is 0.300. The van der Waals surface area contributed by atoms with Crippen molar-refractivity contribution in [1.82, 2.24) is 0 Å². The van der Waals surface area contributed by atoms with E-state index in [1.54, 1.807) is 18.2 Å². The summed E-state index contributed by atoms with van der Waals surface area (Å²) in [6.07, 6.45) is 0.884. The van der Waals surface area contributed by atoms with Gasteiger partial charge in [-0.1, -0.05) is 36.2 Å². The molecule has 2 nitrogen and oxygen atoms in total. The van der Waals surface area contributed by atoms with Gasteiger partial charge in [0, 0.05) is 0 Å². The van der Waals surface area contributed by atoms with Gasteiger partial charge >= 0.3 is 0 Å². The first kappa shape index (κ1) is 11.3. The van der Waals surface area contributed by atoms with Crippen molar-refractivity contribution in [1.29, 1.82) is 0 Å². The van der Waals surface area contributed by atoms with Crippen LogP contribution in [0.2, 0.25) is 10.0 Å². The molecule has 0 aliphatic rings. The predicted molar refractivity (Wildman–Crippen MR) is 57.2 cm³/mol. The Morgan fingerprint density at radius 2 is 2.21 bits per heavy atom. The molecule has 0 saturated carbocycles. The first-order chi connectivity index (χ1) is 6.69. The molecule has 0 saturated heterocycles. The topological polar surface area (TPSA) is 26.3 Å². The van der Waals surface area contributed by atoms with E-state index in [-0.39, 0.29) is 0 Å². The molecular weight excluding hydrogens is 223 g/mol. The van der Waals surface area contributed by atoms with Crippen molar-refractivity contribution in [2.24, 2.45) is 0 Å². The van der Waals surface area contributed by atoms with E-state index in [2.05, 4.69) is 0 Å². The molecule has 0 fully saturated rings. The Labute approximate surface area is 92.8 Å². The highest BCUT2D eigenvalue weighted by molar-refractivity contribution is 6.42. The molecule has 1 aromatic rings. The number of hydrogen-bond donors (Lipinski definition) is 0. The van der Waals surface area contributed by atoms with E-state index in [4.69, 9.17) is 27.9 Å². The lowest BCUT2D eigenvalue weighted by atomic mass is 10.3. The third kappa shape index (κ3) is 2.63. The number of carbonyl (C=O) groups is 1. The van der Waals surface area contributed by atoms with E-state index in [0.717, 1.165) is 6.29 Å². The van der Waals surface area contributed by atoms with Crippen molar-refractivity contribution in [3.05, 3.63) is 28.2 Å². The average molecular weight is 233 g/mol. The lowest BCUT2D eigenvalue weighted by Crippen LogP contribution is -2.16. The molecule has 0 aromatic heterocycles. The number of ether oxygens (including phenoxy) is 1. The molecule has 4 heteroatoms. The first-order valence-corrected chi connectivity index (χ1v) is 5.00. The highest BCUT2D eigenvalue weighted by atomic mass is 35.5.